The topological polar surface area (TPSA) is 58.4 Å². The summed E-state index contributed by atoms with van der Waals surface area (Å²) in [4.78, 5) is 33.4. The lowest BCUT2D eigenvalue weighted by Gasteiger charge is -2.41. The average molecular weight is 312 g/mol. The van der Waals surface area contributed by atoms with Gasteiger partial charge in [-0.1, -0.05) is 0 Å². The molecule has 2 fully saturated rings. The normalized spacial score (nSPS) is 24.3. The molecule has 6 nitrogen and oxygen atoms in total. The molecule has 120 valence electrons. The number of piperazine rings is 1. The summed E-state index contributed by atoms with van der Waals surface area (Å²) in [6, 6.07) is 5.34. The van der Waals surface area contributed by atoms with Gasteiger partial charge in [0.15, 0.2) is 0 Å². The van der Waals surface area contributed by atoms with Crippen molar-refractivity contribution in [1.82, 2.24) is 19.4 Å². The van der Waals surface area contributed by atoms with Crippen molar-refractivity contribution >= 4 is 22.8 Å². The lowest BCUT2D eigenvalue weighted by molar-refractivity contribution is -0.141. The van der Waals surface area contributed by atoms with E-state index in [-0.39, 0.29) is 17.9 Å². The highest BCUT2D eigenvalue weighted by Crippen LogP contribution is 2.27. The van der Waals surface area contributed by atoms with E-state index >= 15 is 0 Å². The Morgan fingerprint density at radius 3 is 3.00 bits per heavy atom. The maximum atomic E-state index is 12.9. The van der Waals surface area contributed by atoms with Crippen LogP contribution < -0.4 is 0 Å². The summed E-state index contributed by atoms with van der Waals surface area (Å²) in [7, 11) is 1.93. The van der Waals surface area contributed by atoms with Gasteiger partial charge in [-0.25, -0.2) is 4.98 Å². The molecule has 0 aliphatic carbocycles. The van der Waals surface area contributed by atoms with E-state index in [9.17, 15) is 9.59 Å². The Labute approximate surface area is 134 Å². The maximum absolute atomic E-state index is 12.9. The highest BCUT2D eigenvalue weighted by molar-refractivity contribution is 6.00. The van der Waals surface area contributed by atoms with Crippen LogP contribution in [0.15, 0.2) is 24.5 Å². The smallest absolute Gasteiger partial charge is 0.254 e. The molecule has 0 saturated carbocycles. The molecule has 2 aliphatic heterocycles. The van der Waals surface area contributed by atoms with Crippen LogP contribution in [0.4, 0.5) is 0 Å². The van der Waals surface area contributed by atoms with Gasteiger partial charge in [0.1, 0.15) is 6.04 Å². The van der Waals surface area contributed by atoms with Gasteiger partial charge in [0.05, 0.1) is 17.4 Å². The summed E-state index contributed by atoms with van der Waals surface area (Å²) >= 11 is 0. The number of carbonyl (C=O) groups excluding carboxylic acids is 2. The number of rotatable bonds is 1. The van der Waals surface area contributed by atoms with E-state index in [0.717, 1.165) is 30.4 Å². The average Bonchev–Trinajstić information content (AvgIpc) is 3.17. The number of carbonyl (C=O) groups is 2. The number of fused-ring (bicyclic) bond motifs is 2. The second-order valence-electron chi connectivity index (χ2n) is 6.52. The van der Waals surface area contributed by atoms with Gasteiger partial charge in [-0.2, -0.15) is 0 Å². The molecule has 0 bridgehead atoms. The molecular formula is C17H20N4O2. The van der Waals surface area contributed by atoms with Crippen molar-refractivity contribution in [3.8, 4) is 0 Å². The number of nitrogens with zero attached hydrogens (tertiary/aromatic N) is 4. The van der Waals surface area contributed by atoms with E-state index < -0.39 is 6.04 Å². The molecule has 0 unspecified atom stereocenters. The number of aryl methyl sites for hydroxylation is 1. The van der Waals surface area contributed by atoms with Crippen LogP contribution in [0.5, 0.6) is 0 Å². The molecular weight excluding hydrogens is 292 g/mol. The summed E-state index contributed by atoms with van der Waals surface area (Å²) < 4.78 is 1.92. The summed E-state index contributed by atoms with van der Waals surface area (Å²) in [5, 5.41) is 0. The number of benzene rings is 1. The third kappa shape index (κ3) is 2.12. The van der Waals surface area contributed by atoms with E-state index in [4.69, 9.17) is 0 Å². The van der Waals surface area contributed by atoms with Crippen molar-refractivity contribution in [3.63, 3.8) is 0 Å². The Morgan fingerprint density at radius 2 is 2.17 bits per heavy atom. The first kappa shape index (κ1) is 14.2. The van der Waals surface area contributed by atoms with Crippen LogP contribution in [-0.2, 0) is 11.8 Å². The lowest BCUT2D eigenvalue weighted by Crippen LogP contribution is -2.60. The fourth-order valence-corrected chi connectivity index (χ4v) is 3.77. The van der Waals surface area contributed by atoms with Gasteiger partial charge in [0.25, 0.3) is 5.91 Å². The van der Waals surface area contributed by atoms with Crippen molar-refractivity contribution in [3.05, 3.63) is 30.1 Å². The van der Waals surface area contributed by atoms with Crippen molar-refractivity contribution in [2.75, 3.05) is 13.1 Å². The summed E-state index contributed by atoms with van der Waals surface area (Å²) in [5.41, 5.74) is 2.39. The van der Waals surface area contributed by atoms with E-state index in [2.05, 4.69) is 4.98 Å². The summed E-state index contributed by atoms with van der Waals surface area (Å²) in [5.74, 6) is -0.00373. The molecule has 0 N–H and O–H groups in total. The fraction of sp³-hybridized carbons (Fsp3) is 0.471. The predicted molar refractivity (Wildman–Crippen MR) is 85.9 cm³/mol. The number of amides is 2. The van der Waals surface area contributed by atoms with Gasteiger partial charge in [0.2, 0.25) is 5.91 Å². The fourth-order valence-electron chi connectivity index (χ4n) is 3.77. The monoisotopic (exact) mass is 312 g/mol. The quantitative estimate of drug-likeness (QED) is 0.800. The zero-order chi connectivity index (χ0) is 16.1. The molecule has 2 aromatic rings. The minimum atomic E-state index is -0.392. The van der Waals surface area contributed by atoms with Gasteiger partial charge in [-0.05, 0) is 38.0 Å². The first-order valence-electron chi connectivity index (χ1n) is 8.09. The molecule has 2 amide bonds. The van der Waals surface area contributed by atoms with Crippen LogP contribution in [0.2, 0.25) is 0 Å². The molecule has 2 aliphatic rings. The first-order chi connectivity index (χ1) is 11.1. The molecule has 1 aromatic heterocycles. The predicted octanol–water partition coefficient (Wildman–Crippen LogP) is 1.41. The van der Waals surface area contributed by atoms with Crippen molar-refractivity contribution in [2.24, 2.45) is 7.05 Å². The summed E-state index contributed by atoms with van der Waals surface area (Å²) in [6.45, 7) is 3.29. The third-order valence-electron chi connectivity index (χ3n) is 5.13. The van der Waals surface area contributed by atoms with Crippen molar-refractivity contribution in [1.29, 1.82) is 0 Å². The van der Waals surface area contributed by atoms with Crippen LogP contribution in [0.1, 0.15) is 30.1 Å². The second kappa shape index (κ2) is 5.08. The van der Waals surface area contributed by atoms with Crippen LogP contribution in [0.3, 0.4) is 0 Å². The molecule has 3 heterocycles. The van der Waals surface area contributed by atoms with E-state index in [1.165, 1.54) is 0 Å². The Balaban J connectivity index is 1.65. The highest BCUT2D eigenvalue weighted by atomic mass is 16.2. The molecule has 0 spiro atoms. The molecule has 0 radical (unpaired) electrons. The lowest BCUT2D eigenvalue weighted by atomic mass is 10.0. The first-order valence-corrected chi connectivity index (χ1v) is 8.09. The van der Waals surface area contributed by atoms with Gasteiger partial charge < -0.3 is 14.4 Å². The number of imidazole rings is 1. The van der Waals surface area contributed by atoms with Gasteiger partial charge in [0, 0.05) is 31.7 Å². The molecule has 23 heavy (non-hydrogen) atoms. The zero-order valence-corrected chi connectivity index (χ0v) is 13.4. The Bertz CT molecular complexity index is 797. The minimum Gasteiger partial charge on any atom is -0.336 e. The van der Waals surface area contributed by atoms with Gasteiger partial charge in [-0.3, -0.25) is 9.59 Å². The standard InChI is InChI=1S/C17H20N4O2/c1-11-16(22)20-7-3-4-13(20)9-21(11)17(23)12-5-6-15-14(8-12)18-10-19(15)2/h5-6,8,10-11,13H,3-4,7,9H2,1-2H3/t11-,13+/m0/s1. The molecule has 6 heteroatoms. The van der Waals surface area contributed by atoms with Crippen LogP contribution in [0.25, 0.3) is 11.0 Å². The Kier molecular flexibility index (Phi) is 3.14. The van der Waals surface area contributed by atoms with Crippen LogP contribution in [-0.4, -0.2) is 56.3 Å². The minimum absolute atomic E-state index is 0.0750. The van der Waals surface area contributed by atoms with E-state index in [1.807, 2.05) is 41.6 Å². The van der Waals surface area contributed by atoms with Gasteiger partial charge in [-0.15, -0.1) is 0 Å². The van der Waals surface area contributed by atoms with E-state index in [0.29, 0.717) is 12.1 Å². The zero-order valence-electron chi connectivity index (χ0n) is 13.4. The molecule has 1 aromatic carbocycles. The number of hydrogen-bond donors (Lipinski definition) is 0. The highest BCUT2D eigenvalue weighted by Gasteiger charge is 2.42. The molecule has 4 rings (SSSR count). The Morgan fingerprint density at radius 1 is 1.35 bits per heavy atom. The van der Waals surface area contributed by atoms with Crippen molar-refractivity contribution in [2.45, 2.75) is 31.8 Å². The molecule has 2 atom stereocenters. The number of aromatic nitrogens is 2. The summed E-state index contributed by atoms with van der Waals surface area (Å²) in [6.07, 6.45) is 3.76. The molecule has 2 saturated heterocycles. The van der Waals surface area contributed by atoms with Gasteiger partial charge >= 0.3 is 0 Å². The third-order valence-corrected chi connectivity index (χ3v) is 5.13. The Hall–Kier alpha value is -2.37. The SMILES string of the molecule is C[C@H]1C(=O)N2CCC[C@@H]2CN1C(=O)c1ccc2c(c1)ncn2C. The van der Waals surface area contributed by atoms with Crippen molar-refractivity contribution < 1.29 is 9.59 Å². The second-order valence-corrected chi connectivity index (χ2v) is 6.52. The largest absolute Gasteiger partial charge is 0.336 e. The van der Waals surface area contributed by atoms with E-state index in [1.54, 1.807) is 11.2 Å². The van der Waals surface area contributed by atoms with Crippen LogP contribution >= 0.6 is 0 Å². The van der Waals surface area contributed by atoms with Crippen LogP contribution in [0, 0.1) is 0 Å². The maximum Gasteiger partial charge on any atom is 0.254 e. The number of hydrogen-bond acceptors (Lipinski definition) is 3.